The number of pyridine rings is 1. The molecule has 1 aromatic carbocycles. The zero-order valence-corrected chi connectivity index (χ0v) is 20.0. The van der Waals surface area contributed by atoms with Crippen molar-refractivity contribution in [3.8, 4) is 11.3 Å². The molecule has 1 aliphatic rings. The minimum absolute atomic E-state index is 0.0138. The highest BCUT2D eigenvalue weighted by atomic mass is 16.1. The van der Waals surface area contributed by atoms with E-state index in [0.29, 0.717) is 33.9 Å². The van der Waals surface area contributed by atoms with E-state index in [2.05, 4.69) is 25.4 Å². The van der Waals surface area contributed by atoms with Crippen LogP contribution in [0.3, 0.4) is 0 Å². The minimum atomic E-state index is -0.232. The average Bonchev–Trinajstić information content (AvgIpc) is 3.46. The largest absolute Gasteiger partial charge is 0.383 e. The molecule has 10 heteroatoms. The lowest BCUT2D eigenvalue weighted by Gasteiger charge is -2.23. The van der Waals surface area contributed by atoms with E-state index in [0.717, 1.165) is 36.0 Å². The molecule has 10 nitrogen and oxygen atoms in total. The third-order valence-corrected chi connectivity index (χ3v) is 6.73. The van der Waals surface area contributed by atoms with Crippen molar-refractivity contribution < 1.29 is 4.79 Å². The van der Waals surface area contributed by atoms with E-state index in [4.69, 9.17) is 10.8 Å². The summed E-state index contributed by atoms with van der Waals surface area (Å²) in [5, 5.41) is 13.0. The van der Waals surface area contributed by atoms with E-state index >= 15 is 0 Å². The van der Waals surface area contributed by atoms with Crippen LogP contribution in [0.15, 0.2) is 55.1 Å². The zero-order chi connectivity index (χ0) is 24.8. The van der Waals surface area contributed by atoms with Crippen LogP contribution in [0.2, 0.25) is 0 Å². The second-order valence-corrected chi connectivity index (χ2v) is 9.08. The maximum atomic E-state index is 12.8. The van der Waals surface area contributed by atoms with Gasteiger partial charge in [-0.2, -0.15) is 10.2 Å². The van der Waals surface area contributed by atoms with Gasteiger partial charge in [0, 0.05) is 35.6 Å². The van der Waals surface area contributed by atoms with Crippen molar-refractivity contribution in [2.45, 2.75) is 32.2 Å². The summed E-state index contributed by atoms with van der Waals surface area (Å²) >= 11 is 0. The summed E-state index contributed by atoms with van der Waals surface area (Å²) in [6.45, 7) is 1.95. The lowest BCUT2D eigenvalue weighted by molar-refractivity contribution is 0.102. The van der Waals surface area contributed by atoms with Gasteiger partial charge in [0.15, 0.2) is 5.65 Å². The van der Waals surface area contributed by atoms with Gasteiger partial charge < -0.3 is 11.1 Å². The van der Waals surface area contributed by atoms with Crippen LogP contribution in [0.5, 0.6) is 0 Å². The van der Waals surface area contributed by atoms with Crippen molar-refractivity contribution in [1.82, 2.24) is 34.5 Å². The number of amides is 1. The Bertz CT molecular complexity index is 1600. The molecule has 0 unspecified atom stereocenters. The predicted molar refractivity (Wildman–Crippen MR) is 136 cm³/mol. The first-order valence-corrected chi connectivity index (χ1v) is 11.8. The van der Waals surface area contributed by atoms with Gasteiger partial charge in [0.1, 0.15) is 23.7 Å². The molecule has 0 saturated heterocycles. The minimum Gasteiger partial charge on any atom is -0.383 e. The van der Waals surface area contributed by atoms with Gasteiger partial charge in [-0.25, -0.2) is 19.6 Å². The molecule has 1 aliphatic carbocycles. The summed E-state index contributed by atoms with van der Waals surface area (Å²) in [6, 6.07) is 11.0. The highest BCUT2D eigenvalue weighted by Gasteiger charge is 2.29. The van der Waals surface area contributed by atoms with E-state index < -0.39 is 0 Å². The third-order valence-electron chi connectivity index (χ3n) is 6.73. The van der Waals surface area contributed by atoms with E-state index in [1.165, 1.54) is 12.0 Å². The summed E-state index contributed by atoms with van der Waals surface area (Å²) in [4.78, 5) is 25.7. The number of carbonyl (C=O) groups excluding carboxylic acids is 1. The van der Waals surface area contributed by atoms with E-state index in [9.17, 15) is 4.79 Å². The van der Waals surface area contributed by atoms with Gasteiger partial charge >= 0.3 is 0 Å². The standard InChI is InChI=1S/C26H25N9O/c1-15-10-11-28-21(12-15)32-26(36)17-8-6-16(7-9-17)23-22-24(27)29-14-30-25(22)35(33-23)20-5-3-4-19-18(20)13-31-34(19)2/h6-14,20H,3-5H2,1-2H3,(H2,27,29,30)(H,28,32,36)/t20-/m1/s1. The molecule has 4 heterocycles. The van der Waals surface area contributed by atoms with E-state index in [1.807, 2.05) is 53.8 Å². The topological polar surface area (TPSA) is 129 Å². The fraction of sp³-hybridized carbons (Fsp3) is 0.231. The van der Waals surface area contributed by atoms with Crippen LogP contribution in [-0.4, -0.2) is 40.4 Å². The summed E-state index contributed by atoms with van der Waals surface area (Å²) in [7, 11) is 1.97. The number of hydrogen-bond acceptors (Lipinski definition) is 7. The Morgan fingerprint density at radius 1 is 1.14 bits per heavy atom. The Hall–Kier alpha value is -4.60. The van der Waals surface area contributed by atoms with Gasteiger partial charge in [-0.3, -0.25) is 9.48 Å². The van der Waals surface area contributed by atoms with Gasteiger partial charge in [-0.15, -0.1) is 0 Å². The van der Waals surface area contributed by atoms with Gasteiger partial charge in [0.25, 0.3) is 5.91 Å². The zero-order valence-electron chi connectivity index (χ0n) is 20.0. The number of nitrogens with two attached hydrogens (primary N) is 1. The first kappa shape index (κ1) is 21.9. The highest BCUT2D eigenvalue weighted by molar-refractivity contribution is 6.04. The molecular formula is C26H25N9O. The van der Waals surface area contributed by atoms with Gasteiger partial charge in [0.2, 0.25) is 0 Å². The molecule has 6 rings (SSSR count). The van der Waals surface area contributed by atoms with Crippen LogP contribution in [0, 0.1) is 6.92 Å². The molecule has 0 radical (unpaired) electrons. The maximum Gasteiger partial charge on any atom is 0.256 e. The van der Waals surface area contributed by atoms with Crippen molar-refractivity contribution in [1.29, 1.82) is 0 Å². The van der Waals surface area contributed by atoms with Crippen molar-refractivity contribution in [2.24, 2.45) is 7.05 Å². The Balaban J connectivity index is 1.37. The highest BCUT2D eigenvalue weighted by Crippen LogP contribution is 2.37. The number of nitrogens with one attached hydrogen (secondary N) is 1. The molecule has 5 aromatic rings. The summed E-state index contributed by atoms with van der Waals surface area (Å²) < 4.78 is 3.89. The molecule has 1 amide bonds. The lowest BCUT2D eigenvalue weighted by Crippen LogP contribution is -2.19. The fourth-order valence-corrected chi connectivity index (χ4v) is 4.92. The van der Waals surface area contributed by atoms with Crippen LogP contribution >= 0.6 is 0 Å². The monoisotopic (exact) mass is 479 g/mol. The predicted octanol–water partition coefficient (Wildman–Crippen LogP) is 3.69. The summed E-state index contributed by atoms with van der Waals surface area (Å²) in [6.07, 6.45) is 8.03. The van der Waals surface area contributed by atoms with Gasteiger partial charge in [-0.05, 0) is 56.0 Å². The first-order chi connectivity index (χ1) is 17.5. The summed E-state index contributed by atoms with van der Waals surface area (Å²) in [5.74, 6) is 0.654. The molecule has 0 bridgehead atoms. The SMILES string of the molecule is Cc1ccnc(NC(=O)c2ccc(-c3nn([C@@H]4CCCc5c4cnn5C)c4ncnc(N)c34)cc2)c1. The van der Waals surface area contributed by atoms with Crippen LogP contribution in [0.1, 0.15) is 46.1 Å². The molecule has 4 aromatic heterocycles. The normalized spacial score (nSPS) is 15.1. The van der Waals surface area contributed by atoms with Crippen molar-refractivity contribution in [3.63, 3.8) is 0 Å². The lowest BCUT2D eigenvalue weighted by atomic mass is 9.93. The molecule has 180 valence electrons. The molecule has 0 aliphatic heterocycles. The molecule has 3 N–H and O–H groups in total. The van der Waals surface area contributed by atoms with Gasteiger partial charge in [-0.1, -0.05) is 12.1 Å². The number of aromatic nitrogens is 7. The van der Waals surface area contributed by atoms with E-state index in [-0.39, 0.29) is 11.9 Å². The van der Waals surface area contributed by atoms with Crippen LogP contribution in [-0.2, 0) is 13.5 Å². The van der Waals surface area contributed by atoms with Crippen molar-refractivity contribution in [2.75, 3.05) is 11.1 Å². The quantitative estimate of drug-likeness (QED) is 0.402. The molecule has 0 spiro atoms. The number of hydrogen-bond donors (Lipinski definition) is 2. The smallest absolute Gasteiger partial charge is 0.256 e. The number of nitrogen functional groups attached to an aromatic ring is 1. The number of nitrogens with zero attached hydrogens (tertiary/aromatic N) is 7. The summed E-state index contributed by atoms with van der Waals surface area (Å²) in [5.41, 5.74) is 12.4. The van der Waals surface area contributed by atoms with Crippen LogP contribution < -0.4 is 11.1 Å². The number of benzene rings is 1. The number of carbonyl (C=O) groups is 1. The number of aryl methyl sites for hydroxylation is 2. The van der Waals surface area contributed by atoms with Crippen LogP contribution in [0.4, 0.5) is 11.6 Å². The van der Waals surface area contributed by atoms with Crippen molar-refractivity contribution in [3.05, 3.63) is 77.5 Å². The fourth-order valence-electron chi connectivity index (χ4n) is 4.92. The van der Waals surface area contributed by atoms with Crippen molar-refractivity contribution >= 4 is 28.6 Å². The molecular weight excluding hydrogens is 454 g/mol. The Morgan fingerprint density at radius 3 is 2.78 bits per heavy atom. The third kappa shape index (κ3) is 3.67. The number of rotatable bonds is 4. The second kappa shape index (κ2) is 8.56. The molecule has 1 atom stereocenters. The number of fused-ring (bicyclic) bond motifs is 2. The first-order valence-electron chi connectivity index (χ1n) is 11.8. The maximum absolute atomic E-state index is 12.8. The Morgan fingerprint density at radius 2 is 1.97 bits per heavy atom. The molecule has 0 saturated carbocycles. The molecule has 0 fully saturated rings. The van der Waals surface area contributed by atoms with Gasteiger partial charge in [0.05, 0.1) is 17.6 Å². The Labute approximate surface area is 207 Å². The average molecular weight is 480 g/mol. The van der Waals surface area contributed by atoms with E-state index in [1.54, 1.807) is 18.3 Å². The van der Waals surface area contributed by atoms with Crippen LogP contribution in [0.25, 0.3) is 22.3 Å². The Kier molecular flexibility index (Phi) is 5.21. The second-order valence-electron chi connectivity index (χ2n) is 9.08. The number of anilines is 2. The molecule has 36 heavy (non-hydrogen) atoms.